The second kappa shape index (κ2) is 5.60. The van der Waals surface area contributed by atoms with Crippen molar-refractivity contribution in [3.8, 4) is 11.9 Å². The minimum Gasteiger partial charge on any atom is -0.471 e. The Balaban J connectivity index is 2.03. The van der Waals surface area contributed by atoms with Gasteiger partial charge in [-0.3, -0.25) is 4.90 Å². The van der Waals surface area contributed by atoms with E-state index in [0.29, 0.717) is 5.88 Å². The molecule has 0 aromatic carbocycles. The van der Waals surface area contributed by atoms with Gasteiger partial charge in [-0.15, -0.1) is 0 Å². The van der Waals surface area contributed by atoms with Crippen molar-refractivity contribution in [2.45, 2.75) is 25.9 Å². The average molecular weight is 232 g/mol. The normalized spacial score (nSPS) is 20.8. The van der Waals surface area contributed by atoms with Crippen molar-refractivity contribution < 1.29 is 4.74 Å². The summed E-state index contributed by atoms with van der Waals surface area (Å²) in [5.74, 6) is 0.359. The van der Waals surface area contributed by atoms with E-state index in [2.05, 4.69) is 21.8 Å². The molecule has 0 amide bonds. The van der Waals surface area contributed by atoms with Gasteiger partial charge in [0, 0.05) is 18.9 Å². The molecule has 1 aliphatic rings. The Labute approximate surface area is 101 Å². The van der Waals surface area contributed by atoms with Crippen LogP contribution in [-0.4, -0.2) is 40.6 Å². The van der Waals surface area contributed by atoms with Gasteiger partial charge < -0.3 is 4.74 Å². The summed E-state index contributed by atoms with van der Waals surface area (Å²) in [5.41, 5.74) is 0.265. The van der Waals surface area contributed by atoms with Crippen molar-refractivity contribution in [2.75, 3.05) is 19.6 Å². The summed E-state index contributed by atoms with van der Waals surface area (Å²) >= 11 is 0. The third-order valence-electron chi connectivity index (χ3n) is 2.96. The Kier molecular flexibility index (Phi) is 3.89. The van der Waals surface area contributed by atoms with Crippen LogP contribution in [0.25, 0.3) is 0 Å². The van der Waals surface area contributed by atoms with Gasteiger partial charge in [0.2, 0.25) is 5.69 Å². The van der Waals surface area contributed by atoms with Crippen LogP contribution in [0.1, 0.15) is 25.5 Å². The Morgan fingerprint density at radius 2 is 2.35 bits per heavy atom. The molecule has 5 heteroatoms. The fourth-order valence-electron chi connectivity index (χ4n) is 2.04. The van der Waals surface area contributed by atoms with E-state index >= 15 is 0 Å². The minimum atomic E-state index is 0.118. The summed E-state index contributed by atoms with van der Waals surface area (Å²) in [7, 11) is 0. The molecule has 17 heavy (non-hydrogen) atoms. The largest absolute Gasteiger partial charge is 0.471 e. The lowest BCUT2D eigenvalue weighted by Crippen LogP contribution is -2.41. The van der Waals surface area contributed by atoms with Gasteiger partial charge in [-0.05, 0) is 25.9 Å². The molecule has 0 aliphatic carbocycles. The Hall–Kier alpha value is -1.67. The number of likely N-dealkylation sites (tertiary alicyclic amines) is 1. The molecule has 1 fully saturated rings. The monoisotopic (exact) mass is 232 g/mol. The van der Waals surface area contributed by atoms with E-state index < -0.39 is 0 Å². The highest BCUT2D eigenvalue weighted by Gasteiger charge is 2.21. The summed E-state index contributed by atoms with van der Waals surface area (Å²) < 4.78 is 5.77. The summed E-state index contributed by atoms with van der Waals surface area (Å²) in [6.07, 6.45) is 5.31. The van der Waals surface area contributed by atoms with Crippen LogP contribution in [-0.2, 0) is 0 Å². The SMILES string of the molecule is CCN1CCC[C@@H](Oc2nccnc2C#N)C1. The maximum absolute atomic E-state index is 8.90. The highest BCUT2D eigenvalue weighted by Crippen LogP contribution is 2.18. The predicted molar refractivity (Wildman–Crippen MR) is 62.5 cm³/mol. The zero-order valence-electron chi connectivity index (χ0n) is 9.96. The maximum Gasteiger partial charge on any atom is 0.251 e. The number of piperidine rings is 1. The second-order valence-electron chi connectivity index (χ2n) is 4.10. The van der Waals surface area contributed by atoms with Crippen LogP contribution in [0.3, 0.4) is 0 Å². The topological polar surface area (TPSA) is 62.0 Å². The van der Waals surface area contributed by atoms with Gasteiger partial charge in [0.05, 0.1) is 0 Å². The number of likely N-dealkylation sites (N-methyl/N-ethyl adjacent to an activating group) is 1. The average Bonchev–Trinajstić information content (AvgIpc) is 2.39. The molecule has 1 aromatic heterocycles. The molecule has 0 saturated carbocycles. The molecule has 1 aliphatic heterocycles. The number of nitrogens with zero attached hydrogens (tertiary/aromatic N) is 4. The molecular formula is C12H16N4O. The van der Waals surface area contributed by atoms with E-state index in [1.807, 2.05) is 6.07 Å². The van der Waals surface area contributed by atoms with Crippen molar-refractivity contribution in [3.63, 3.8) is 0 Å². The Morgan fingerprint density at radius 3 is 3.12 bits per heavy atom. The highest BCUT2D eigenvalue weighted by atomic mass is 16.5. The summed E-state index contributed by atoms with van der Waals surface area (Å²) in [4.78, 5) is 10.4. The first-order valence-electron chi connectivity index (χ1n) is 5.93. The third-order valence-corrected chi connectivity index (χ3v) is 2.96. The second-order valence-corrected chi connectivity index (χ2v) is 4.10. The standard InChI is InChI=1S/C12H16N4O/c1-2-16-7-3-4-10(9-16)17-12-11(8-13)14-5-6-15-12/h5-6,10H,2-4,7,9H2,1H3/t10-/m1/s1. The molecule has 0 unspecified atom stereocenters. The number of hydrogen-bond acceptors (Lipinski definition) is 5. The lowest BCUT2D eigenvalue weighted by molar-refractivity contribution is 0.0876. The number of rotatable bonds is 3. The van der Waals surface area contributed by atoms with Gasteiger partial charge in [0.15, 0.2) is 0 Å². The molecule has 0 radical (unpaired) electrons. The molecular weight excluding hydrogens is 216 g/mol. The first-order valence-corrected chi connectivity index (χ1v) is 5.93. The minimum absolute atomic E-state index is 0.118. The lowest BCUT2D eigenvalue weighted by atomic mass is 10.1. The number of aromatic nitrogens is 2. The molecule has 5 nitrogen and oxygen atoms in total. The van der Waals surface area contributed by atoms with Crippen LogP contribution in [0.4, 0.5) is 0 Å². The smallest absolute Gasteiger partial charge is 0.251 e. The van der Waals surface area contributed by atoms with Crippen LogP contribution in [0.2, 0.25) is 0 Å². The molecule has 90 valence electrons. The molecule has 2 rings (SSSR count). The highest BCUT2D eigenvalue weighted by molar-refractivity contribution is 5.30. The summed E-state index contributed by atoms with van der Waals surface area (Å²) in [5, 5.41) is 8.90. The quantitative estimate of drug-likeness (QED) is 0.784. The fourth-order valence-corrected chi connectivity index (χ4v) is 2.04. The van der Waals surface area contributed by atoms with Crippen molar-refractivity contribution in [2.24, 2.45) is 0 Å². The van der Waals surface area contributed by atoms with E-state index in [4.69, 9.17) is 10.00 Å². The predicted octanol–water partition coefficient (Wildman–Crippen LogP) is 1.21. The van der Waals surface area contributed by atoms with Crippen LogP contribution < -0.4 is 4.74 Å². The van der Waals surface area contributed by atoms with Gasteiger partial charge >= 0.3 is 0 Å². The first kappa shape index (κ1) is 11.8. The molecule has 0 N–H and O–H groups in total. The number of nitriles is 1. The van der Waals surface area contributed by atoms with Crippen LogP contribution >= 0.6 is 0 Å². The molecule has 1 aromatic rings. The van der Waals surface area contributed by atoms with E-state index in [9.17, 15) is 0 Å². The van der Waals surface area contributed by atoms with Gasteiger partial charge in [-0.25, -0.2) is 9.97 Å². The zero-order chi connectivity index (χ0) is 12.1. The van der Waals surface area contributed by atoms with Crippen molar-refractivity contribution >= 4 is 0 Å². The third kappa shape index (κ3) is 2.92. The molecule has 1 atom stereocenters. The maximum atomic E-state index is 8.90. The zero-order valence-corrected chi connectivity index (χ0v) is 9.96. The molecule has 0 bridgehead atoms. The van der Waals surface area contributed by atoms with Gasteiger partial charge in [-0.2, -0.15) is 5.26 Å². The van der Waals surface area contributed by atoms with Crippen LogP contribution in [0, 0.1) is 11.3 Å². The van der Waals surface area contributed by atoms with Gasteiger partial charge in [0.1, 0.15) is 12.2 Å². The van der Waals surface area contributed by atoms with E-state index in [1.54, 1.807) is 6.20 Å². The van der Waals surface area contributed by atoms with Crippen molar-refractivity contribution in [3.05, 3.63) is 18.1 Å². The summed E-state index contributed by atoms with van der Waals surface area (Å²) in [6, 6.07) is 2.00. The fraction of sp³-hybridized carbons (Fsp3) is 0.583. The number of ether oxygens (including phenoxy) is 1. The van der Waals surface area contributed by atoms with Gasteiger partial charge in [-0.1, -0.05) is 6.92 Å². The van der Waals surface area contributed by atoms with Crippen molar-refractivity contribution in [1.29, 1.82) is 5.26 Å². The van der Waals surface area contributed by atoms with E-state index in [1.165, 1.54) is 6.20 Å². The lowest BCUT2D eigenvalue weighted by Gasteiger charge is -2.31. The Bertz CT molecular complexity index is 415. The Morgan fingerprint density at radius 1 is 1.53 bits per heavy atom. The summed E-state index contributed by atoms with van der Waals surface area (Å²) in [6.45, 7) is 5.21. The van der Waals surface area contributed by atoms with Gasteiger partial charge in [0.25, 0.3) is 5.88 Å². The van der Waals surface area contributed by atoms with Crippen molar-refractivity contribution in [1.82, 2.24) is 14.9 Å². The molecule has 0 spiro atoms. The first-order chi connectivity index (χ1) is 8.33. The van der Waals surface area contributed by atoms with E-state index in [-0.39, 0.29) is 11.8 Å². The number of hydrogen-bond donors (Lipinski definition) is 0. The van der Waals surface area contributed by atoms with Crippen LogP contribution in [0.15, 0.2) is 12.4 Å². The van der Waals surface area contributed by atoms with Crippen LogP contribution in [0.5, 0.6) is 5.88 Å². The van der Waals surface area contributed by atoms with E-state index in [0.717, 1.165) is 32.5 Å². The molecule has 1 saturated heterocycles. The molecule has 2 heterocycles.